The lowest BCUT2D eigenvalue weighted by molar-refractivity contribution is -0.149. The van der Waals surface area contributed by atoms with Crippen LogP contribution in [0.25, 0.3) is 0 Å². The summed E-state index contributed by atoms with van der Waals surface area (Å²) in [5, 5.41) is 9.44. The standard InChI is InChI=1S/C26H36N2O5/c1-3-5-14-25(31)33-20-23-13-9-15-28(23)26(32)22(10-4-2)18-24(30)27(16-17-29)19-21-11-7-6-8-12-21/h3-4,6-8,11-12,22-23,29H,1-2,5,9-10,13-20H2. The van der Waals surface area contributed by atoms with Gasteiger partial charge in [0.15, 0.2) is 0 Å². The first-order valence-electron chi connectivity index (χ1n) is 11.6. The highest BCUT2D eigenvalue weighted by Gasteiger charge is 2.34. The predicted molar refractivity (Wildman–Crippen MR) is 127 cm³/mol. The van der Waals surface area contributed by atoms with E-state index in [1.165, 1.54) is 0 Å². The fourth-order valence-electron chi connectivity index (χ4n) is 4.04. The summed E-state index contributed by atoms with van der Waals surface area (Å²) in [7, 11) is 0. The molecule has 0 spiro atoms. The molecule has 1 aromatic carbocycles. The molecule has 1 N–H and O–H groups in total. The van der Waals surface area contributed by atoms with Crippen LogP contribution >= 0.6 is 0 Å². The zero-order chi connectivity index (χ0) is 24.1. The molecule has 0 aromatic heterocycles. The van der Waals surface area contributed by atoms with Crippen molar-refractivity contribution in [2.45, 2.75) is 51.1 Å². The third-order valence-electron chi connectivity index (χ3n) is 5.81. The Morgan fingerprint density at radius 2 is 1.97 bits per heavy atom. The Labute approximate surface area is 196 Å². The van der Waals surface area contributed by atoms with Gasteiger partial charge in [-0.2, -0.15) is 0 Å². The smallest absolute Gasteiger partial charge is 0.306 e. The molecule has 7 heteroatoms. The molecule has 1 aliphatic heterocycles. The number of benzene rings is 1. The predicted octanol–water partition coefficient (Wildman–Crippen LogP) is 3.09. The molecule has 1 heterocycles. The molecule has 2 atom stereocenters. The van der Waals surface area contributed by atoms with Gasteiger partial charge in [0.1, 0.15) is 6.61 Å². The Morgan fingerprint density at radius 3 is 2.64 bits per heavy atom. The Balaban J connectivity index is 2.01. The number of carbonyl (C=O) groups is 3. The van der Waals surface area contributed by atoms with Gasteiger partial charge < -0.3 is 19.6 Å². The molecule has 0 saturated carbocycles. The number of esters is 1. The van der Waals surface area contributed by atoms with Crippen molar-refractivity contribution >= 4 is 17.8 Å². The summed E-state index contributed by atoms with van der Waals surface area (Å²) >= 11 is 0. The van der Waals surface area contributed by atoms with Crippen molar-refractivity contribution in [2.75, 3.05) is 26.3 Å². The molecule has 0 radical (unpaired) electrons. The van der Waals surface area contributed by atoms with Gasteiger partial charge in [-0.15, -0.1) is 13.2 Å². The first kappa shape index (κ1) is 26.3. The second-order valence-electron chi connectivity index (χ2n) is 8.29. The Hall–Kier alpha value is -2.93. The van der Waals surface area contributed by atoms with E-state index in [0.29, 0.717) is 25.9 Å². The number of nitrogens with zero attached hydrogens (tertiary/aromatic N) is 2. The minimum Gasteiger partial charge on any atom is -0.463 e. The van der Waals surface area contributed by atoms with Crippen LogP contribution < -0.4 is 0 Å². The Morgan fingerprint density at radius 1 is 1.21 bits per heavy atom. The van der Waals surface area contributed by atoms with Crippen LogP contribution in [0.1, 0.15) is 44.1 Å². The van der Waals surface area contributed by atoms with Gasteiger partial charge >= 0.3 is 5.97 Å². The normalized spacial score (nSPS) is 16.2. The van der Waals surface area contributed by atoms with Gasteiger partial charge in [0.25, 0.3) is 0 Å². The van der Waals surface area contributed by atoms with E-state index in [1.54, 1.807) is 22.0 Å². The lowest BCUT2D eigenvalue weighted by Gasteiger charge is -2.29. The third kappa shape index (κ3) is 8.50. The van der Waals surface area contributed by atoms with Crippen molar-refractivity contribution in [3.63, 3.8) is 0 Å². The van der Waals surface area contributed by atoms with E-state index in [1.807, 2.05) is 30.3 Å². The van der Waals surface area contributed by atoms with Crippen molar-refractivity contribution < 1.29 is 24.2 Å². The fourth-order valence-corrected chi connectivity index (χ4v) is 4.04. The molecule has 7 nitrogen and oxygen atoms in total. The number of aliphatic hydroxyl groups excluding tert-OH is 1. The van der Waals surface area contributed by atoms with Gasteiger partial charge in [0.2, 0.25) is 11.8 Å². The molecule has 2 unspecified atom stereocenters. The van der Waals surface area contributed by atoms with Gasteiger partial charge in [0.05, 0.1) is 18.6 Å². The maximum absolute atomic E-state index is 13.3. The largest absolute Gasteiger partial charge is 0.463 e. The van der Waals surface area contributed by atoms with E-state index in [9.17, 15) is 19.5 Å². The Kier molecular flexibility index (Phi) is 11.4. The number of allylic oxidation sites excluding steroid dienone is 2. The number of likely N-dealkylation sites (tertiary alicyclic amines) is 1. The minimum absolute atomic E-state index is 0.0417. The molecule has 2 amide bonds. The van der Waals surface area contributed by atoms with Crippen LogP contribution in [0.3, 0.4) is 0 Å². The number of aliphatic hydroxyl groups is 1. The second-order valence-corrected chi connectivity index (χ2v) is 8.29. The molecule has 180 valence electrons. The highest BCUT2D eigenvalue weighted by molar-refractivity contribution is 5.86. The molecule has 1 saturated heterocycles. The van der Waals surface area contributed by atoms with Crippen molar-refractivity contribution in [3.05, 3.63) is 61.2 Å². The highest BCUT2D eigenvalue weighted by atomic mass is 16.5. The van der Waals surface area contributed by atoms with Crippen molar-refractivity contribution in [2.24, 2.45) is 5.92 Å². The number of hydrogen-bond acceptors (Lipinski definition) is 5. The van der Waals surface area contributed by atoms with Crippen LogP contribution in [0.5, 0.6) is 0 Å². The minimum atomic E-state index is -0.538. The van der Waals surface area contributed by atoms with E-state index in [2.05, 4.69) is 13.2 Å². The number of carbonyl (C=O) groups excluding carboxylic acids is 3. The van der Waals surface area contributed by atoms with Crippen molar-refractivity contribution in [3.8, 4) is 0 Å². The average molecular weight is 457 g/mol. The summed E-state index contributed by atoms with van der Waals surface area (Å²) in [6.45, 7) is 8.54. The SMILES string of the molecule is C=CCCC(=O)OCC1CCCN1C(=O)C(CC=C)CC(=O)N(CCO)Cc1ccccc1. The first-order valence-corrected chi connectivity index (χ1v) is 11.6. The van der Waals surface area contributed by atoms with E-state index in [4.69, 9.17) is 4.74 Å². The van der Waals surface area contributed by atoms with E-state index in [0.717, 1.165) is 18.4 Å². The maximum Gasteiger partial charge on any atom is 0.306 e. The lowest BCUT2D eigenvalue weighted by Crippen LogP contribution is -2.44. The van der Waals surface area contributed by atoms with Crippen LogP contribution in [0, 0.1) is 5.92 Å². The van der Waals surface area contributed by atoms with Crippen LogP contribution in [-0.2, 0) is 25.7 Å². The molecule has 1 aliphatic rings. The summed E-state index contributed by atoms with van der Waals surface area (Å²) < 4.78 is 5.36. The van der Waals surface area contributed by atoms with E-state index in [-0.39, 0.29) is 56.4 Å². The summed E-state index contributed by atoms with van der Waals surface area (Å²) in [5.41, 5.74) is 0.962. The topological polar surface area (TPSA) is 87.2 Å². The summed E-state index contributed by atoms with van der Waals surface area (Å²) in [5.74, 6) is -1.13. The second kappa shape index (κ2) is 14.3. The first-order chi connectivity index (χ1) is 16.0. The van der Waals surface area contributed by atoms with Crippen molar-refractivity contribution in [1.82, 2.24) is 9.80 Å². The maximum atomic E-state index is 13.3. The molecule has 0 bridgehead atoms. The number of hydrogen-bond donors (Lipinski definition) is 1. The molecule has 33 heavy (non-hydrogen) atoms. The van der Waals surface area contributed by atoms with Gasteiger partial charge in [-0.25, -0.2) is 0 Å². The summed E-state index contributed by atoms with van der Waals surface area (Å²) in [6, 6.07) is 9.39. The number of amides is 2. The summed E-state index contributed by atoms with van der Waals surface area (Å²) in [4.78, 5) is 41.6. The van der Waals surface area contributed by atoms with Gasteiger partial charge in [-0.3, -0.25) is 14.4 Å². The zero-order valence-corrected chi connectivity index (χ0v) is 19.4. The van der Waals surface area contributed by atoms with E-state index < -0.39 is 5.92 Å². The molecular weight excluding hydrogens is 420 g/mol. The Bertz CT molecular complexity index is 795. The lowest BCUT2D eigenvalue weighted by atomic mass is 9.98. The average Bonchev–Trinajstić information content (AvgIpc) is 3.29. The van der Waals surface area contributed by atoms with Crippen LogP contribution in [-0.4, -0.2) is 65.0 Å². The van der Waals surface area contributed by atoms with Crippen LogP contribution in [0.2, 0.25) is 0 Å². The molecule has 2 rings (SSSR count). The van der Waals surface area contributed by atoms with Crippen LogP contribution in [0.4, 0.5) is 0 Å². The molecule has 1 aromatic rings. The summed E-state index contributed by atoms with van der Waals surface area (Å²) in [6.07, 6.45) is 6.18. The van der Waals surface area contributed by atoms with E-state index >= 15 is 0 Å². The van der Waals surface area contributed by atoms with Crippen molar-refractivity contribution in [1.29, 1.82) is 0 Å². The van der Waals surface area contributed by atoms with Crippen LogP contribution in [0.15, 0.2) is 55.6 Å². The quantitative estimate of drug-likeness (QED) is 0.343. The molecular formula is C26H36N2O5. The van der Waals surface area contributed by atoms with Gasteiger partial charge in [-0.1, -0.05) is 42.5 Å². The van der Waals surface area contributed by atoms with Gasteiger partial charge in [0, 0.05) is 32.5 Å². The zero-order valence-electron chi connectivity index (χ0n) is 19.4. The molecule has 0 aliphatic carbocycles. The van der Waals surface area contributed by atoms with Gasteiger partial charge in [-0.05, 0) is 31.2 Å². The fraction of sp³-hybridized carbons (Fsp3) is 0.500. The highest BCUT2D eigenvalue weighted by Crippen LogP contribution is 2.24. The monoisotopic (exact) mass is 456 g/mol. The third-order valence-corrected chi connectivity index (χ3v) is 5.81. The number of ether oxygens (including phenoxy) is 1. The molecule has 1 fully saturated rings. The number of rotatable bonds is 14.